The second-order valence-electron chi connectivity index (χ2n) is 7.57. The van der Waals surface area contributed by atoms with Crippen molar-refractivity contribution in [3.8, 4) is 0 Å². The highest BCUT2D eigenvalue weighted by atomic mass is 16.2. The molecule has 1 aliphatic rings. The van der Waals surface area contributed by atoms with E-state index in [0.717, 1.165) is 5.56 Å². The van der Waals surface area contributed by atoms with E-state index in [1.807, 2.05) is 62.4 Å². The molecule has 3 heteroatoms. The molecule has 0 spiro atoms. The van der Waals surface area contributed by atoms with Crippen molar-refractivity contribution < 1.29 is 14.4 Å². The first-order chi connectivity index (χ1) is 12.4. The highest BCUT2D eigenvalue weighted by Gasteiger charge is 2.37. The summed E-state index contributed by atoms with van der Waals surface area (Å²) in [6, 6.07) is 18.4. The molecule has 0 saturated carbocycles. The molecule has 0 bridgehead atoms. The number of Topliss-reactive ketones (excluding diaryl/α,β-unsaturated/α-hetero) is 3. The fourth-order valence-corrected chi connectivity index (χ4v) is 3.46. The van der Waals surface area contributed by atoms with E-state index < -0.39 is 5.41 Å². The summed E-state index contributed by atoms with van der Waals surface area (Å²) in [5, 5.41) is 0. The highest BCUT2D eigenvalue weighted by molar-refractivity contribution is 6.37. The average molecular weight is 346 g/mol. The molecular weight excluding hydrogens is 324 g/mol. The van der Waals surface area contributed by atoms with Crippen LogP contribution < -0.4 is 0 Å². The molecule has 1 aliphatic carbocycles. The quantitative estimate of drug-likeness (QED) is 0.779. The molecule has 0 radical (unpaired) electrons. The summed E-state index contributed by atoms with van der Waals surface area (Å²) < 4.78 is 0. The molecular formula is C23H22O3. The molecule has 2 aromatic rings. The molecule has 0 fully saturated rings. The van der Waals surface area contributed by atoms with Gasteiger partial charge in [0.15, 0.2) is 17.3 Å². The van der Waals surface area contributed by atoms with Crippen LogP contribution in [0.1, 0.15) is 37.8 Å². The Labute approximate surface area is 153 Å². The number of benzene rings is 2. The van der Waals surface area contributed by atoms with Crippen molar-refractivity contribution in [2.45, 2.75) is 33.1 Å². The van der Waals surface area contributed by atoms with Gasteiger partial charge in [0, 0.05) is 24.8 Å². The van der Waals surface area contributed by atoms with Crippen LogP contribution in [0.5, 0.6) is 0 Å². The number of hydrogen-bond acceptors (Lipinski definition) is 3. The van der Waals surface area contributed by atoms with Crippen LogP contribution in [0.15, 0.2) is 66.2 Å². The van der Waals surface area contributed by atoms with Gasteiger partial charge in [-0.2, -0.15) is 0 Å². The van der Waals surface area contributed by atoms with Gasteiger partial charge in [-0.25, -0.2) is 0 Å². The minimum atomic E-state index is -0.455. The van der Waals surface area contributed by atoms with E-state index in [0.29, 0.717) is 5.56 Å². The lowest BCUT2D eigenvalue weighted by Gasteiger charge is -2.20. The van der Waals surface area contributed by atoms with Crippen molar-refractivity contribution in [1.82, 2.24) is 0 Å². The van der Waals surface area contributed by atoms with E-state index in [1.54, 1.807) is 12.1 Å². The summed E-state index contributed by atoms with van der Waals surface area (Å²) in [6.07, 6.45) is 0.571. The molecule has 0 unspecified atom stereocenters. The van der Waals surface area contributed by atoms with E-state index >= 15 is 0 Å². The summed E-state index contributed by atoms with van der Waals surface area (Å²) in [5.41, 5.74) is 1.36. The summed E-state index contributed by atoms with van der Waals surface area (Å²) in [5.74, 6) is -0.657. The Balaban J connectivity index is 2.11. The predicted octanol–water partition coefficient (Wildman–Crippen LogP) is 4.21. The zero-order valence-corrected chi connectivity index (χ0v) is 15.1. The van der Waals surface area contributed by atoms with Crippen molar-refractivity contribution in [3.05, 3.63) is 77.4 Å². The molecule has 2 aromatic carbocycles. The molecule has 3 rings (SSSR count). The van der Waals surface area contributed by atoms with Gasteiger partial charge in [0.1, 0.15) is 0 Å². The Morgan fingerprint density at radius 2 is 1.38 bits per heavy atom. The SMILES string of the molecule is CC1(C)CC(=O)C(C(=O)Cc2ccccc2)=C(c2ccccc2)C(=O)C1. The first-order valence-corrected chi connectivity index (χ1v) is 8.81. The zero-order valence-electron chi connectivity index (χ0n) is 15.1. The second kappa shape index (κ2) is 7.20. The van der Waals surface area contributed by atoms with Gasteiger partial charge in [0.25, 0.3) is 0 Å². The lowest BCUT2D eigenvalue weighted by Crippen LogP contribution is -2.20. The fourth-order valence-electron chi connectivity index (χ4n) is 3.46. The van der Waals surface area contributed by atoms with Crippen LogP contribution in [0, 0.1) is 5.41 Å². The molecule has 26 heavy (non-hydrogen) atoms. The Kier molecular flexibility index (Phi) is 4.99. The smallest absolute Gasteiger partial charge is 0.171 e. The molecule has 0 aliphatic heterocycles. The van der Waals surface area contributed by atoms with Crippen LogP contribution in [-0.2, 0) is 20.8 Å². The lowest BCUT2D eigenvalue weighted by atomic mass is 9.83. The fraction of sp³-hybridized carbons (Fsp3) is 0.261. The topological polar surface area (TPSA) is 51.2 Å². The van der Waals surface area contributed by atoms with Crippen LogP contribution in [-0.4, -0.2) is 17.3 Å². The van der Waals surface area contributed by atoms with Gasteiger partial charge in [-0.3, -0.25) is 14.4 Å². The maximum absolute atomic E-state index is 13.0. The number of allylic oxidation sites excluding steroid dienone is 2. The van der Waals surface area contributed by atoms with E-state index in [2.05, 4.69) is 0 Å². The number of carbonyl (C=O) groups excluding carboxylic acids is 3. The standard InChI is InChI=1S/C23H22O3/c1-23(2)14-19(25)21(17-11-7-4-8-12-17)22(20(26)15-23)18(24)13-16-9-5-3-6-10-16/h3-12H,13-15H2,1-2H3. The van der Waals surface area contributed by atoms with Crippen LogP contribution in [0.25, 0.3) is 5.57 Å². The second-order valence-corrected chi connectivity index (χ2v) is 7.57. The van der Waals surface area contributed by atoms with Crippen molar-refractivity contribution in [3.63, 3.8) is 0 Å². The molecule has 0 N–H and O–H groups in total. The Bertz CT molecular complexity index is 874. The van der Waals surface area contributed by atoms with Crippen molar-refractivity contribution in [1.29, 1.82) is 0 Å². The molecule has 0 aromatic heterocycles. The average Bonchev–Trinajstić information content (AvgIpc) is 2.68. The summed E-state index contributed by atoms with van der Waals surface area (Å²) >= 11 is 0. The van der Waals surface area contributed by atoms with Gasteiger partial charge in [-0.15, -0.1) is 0 Å². The third kappa shape index (κ3) is 3.88. The Hall–Kier alpha value is -2.81. The van der Waals surface area contributed by atoms with Crippen molar-refractivity contribution in [2.24, 2.45) is 5.41 Å². The van der Waals surface area contributed by atoms with Crippen molar-refractivity contribution in [2.75, 3.05) is 0 Å². The van der Waals surface area contributed by atoms with Gasteiger partial charge in [0.05, 0.1) is 5.57 Å². The van der Waals surface area contributed by atoms with Crippen LogP contribution in [0.2, 0.25) is 0 Å². The maximum Gasteiger partial charge on any atom is 0.171 e. The molecule has 0 heterocycles. The Morgan fingerprint density at radius 3 is 2.00 bits per heavy atom. The Morgan fingerprint density at radius 1 is 0.846 bits per heavy atom. The third-order valence-corrected chi connectivity index (χ3v) is 4.63. The molecule has 132 valence electrons. The van der Waals surface area contributed by atoms with E-state index in [-0.39, 0.29) is 47.8 Å². The number of rotatable bonds is 4. The van der Waals surface area contributed by atoms with Gasteiger partial charge in [0.2, 0.25) is 0 Å². The minimum Gasteiger partial charge on any atom is -0.294 e. The van der Waals surface area contributed by atoms with Crippen LogP contribution in [0.4, 0.5) is 0 Å². The maximum atomic E-state index is 13.0. The normalized spacial score (nSPS) is 17.2. The van der Waals surface area contributed by atoms with Crippen LogP contribution in [0.3, 0.4) is 0 Å². The minimum absolute atomic E-state index is 0.0654. The molecule has 0 amide bonds. The number of carbonyl (C=O) groups is 3. The zero-order chi connectivity index (χ0) is 18.7. The van der Waals surface area contributed by atoms with Gasteiger partial charge in [-0.1, -0.05) is 74.5 Å². The van der Waals surface area contributed by atoms with Gasteiger partial charge < -0.3 is 0 Å². The van der Waals surface area contributed by atoms with Gasteiger partial charge in [-0.05, 0) is 16.5 Å². The first kappa shape index (κ1) is 18.0. The van der Waals surface area contributed by atoms with Crippen molar-refractivity contribution >= 4 is 22.9 Å². The highest BCUT2D eigenvalue weighted by Crippen LogP contribution is 2.37. The number of hydrogen-bond donors (Lipinski definition) is 0. The first-order valence-electron chi connectivity index (χ1n) is 8.81. The van der Waals surface area contributed by atoms with E-state index in [1.165, 1.54) is 0 Å². The largest absolute Gasteiger partial charge is 0.294 e. The molecule has 0 saturated heterocycles. The molecule has 3 nitrogen and oxygen atoms in total. The monoisotopic (exact) mass is 346 g/mol. The van der Waals surface area contributed by atoms with Gasteiger partial charge >= 0.3 is 0 Å². The predicted molar refractivity (Wildman–Crippen MR) is 102 cm³/mol. The lowest BCUT2D eigenvalue weighted by molar-refractivity contribution is -0.121. The summed E-state index contributed by atoms with van der Waals surface area (Å²) in [4.78, 5) is 39.0. The van der Waals surface area contributed by atoms with E-state index in [4.69, 9.17) is 0 Å². The summed E-state index contributed by atoms with van der Waals surface area (Å²) in [7, 11) is 0. The third-order valence-electron chi connectivity index (χ3n) is 4.63. The van der Waals surface area contributed by atoms with Crippen LogP contribution >= 0.6 is 0 Å². The summed E-state index contributed by atoms with van der Waals surface area (Å²) in [6.45, 7) is 3.80. The molecule has 0 atom stereocenters. The van der Waals surface area contributed by atoms with E-state index in [9.17, 15) is 14.4 Å². The number of ketones is 3.